The molecule has 4 nitrogen and oxygen atoms in total. The van der Waals surface area contributed by atoms with Crippen molar-refractivity contribution in [1.29, 1.82) is 0 Å². The topological polar surface area (TPSA) is 45.3 Å². The fourth-order valence-corrected chi connectivity index (χ4v) is 3.76. The minimum absolute atomic E-state index is 0.0393. The lowest BCUT2D eigenvalue weighted by molar-refractivity contribution is -0.127. The Morgan fingerprint density at radius 3 is 2.88 bits per heavy atom. The zero-order valence-electron chi connectivity index (χ0n) is 14.2. The van der Waals surface area contributed by atoms with Gasteiger partial charge in [-0.25, -0.2) is 0 Å². The van der Waals surface area contributed by atoms with E-state index in [1.807, 2.05) is 47.4 Å². The maximum Gasteiger partial charge on any atom is 0.254 e. The summed E-state index contributed by atoms with van der Waals surface area (Å²) in [6.07, 6.45) is 6.11. The van der Waals surface area contributed by atoms with E-state index in [4.69, 9.17) is 4.74 Å². The summed E-state index contributed by atoms with van der Waals surface area (Å²) in [5.41, 5.74) is 5.19. The molecule has 0 radical (unpaired) electrons. The van der Waals surface area contributed by atoms with Crippen molar-refractivity contribution in [2.45, 2.75) is 13.0 Å². The van der Waals surface area contributed by atoms with Crippen molar-refractivity contribution in [3.05, 3.63) is 83.3 Å². The molecule has 3 heterocycles. The van der Waals surface area contributed by atoms with E-state index in [1.165, 1.54) is 16.6 Å². The number of ether oxygens (including phenoxy) is 1. The largest absolute Gasteiger partial charge is 0.464 e. The van der Waals surface area contributed by atoms with Crippen molar-refractivity contribution in [3.63, 3.8) is 0 Å². The van der Waals surface area contributed by atoms with Crippen LogP contribution in [0.2, 0.25) is 0 Å². The Morgan fingerprint density at radius 2 is 1.92 bits per heavy atom. The average Bonchev–Trinajstić information content (AvgIpc) is 2.91. The Kier molecular flexibility index (Phi) is 3.42. The number of nitrogens with zero attached hydrogens (tertiary/aromatic N) is 1. The molecule has 128 valence electrons. The first-order chi connectivity index (χ1) is 12.8. The third-order valence-electron chi connectivity index (χ3n) is 5.09. The summed E-state index contributed by atoms with van der Waals surface area (Å²) < 4.78 is 5.61. The zero-order valence-corrected chi connectivity index (χ0v) is 14.2. The number of para-hydroxylation sites is 2. The molecule has 0 aliphatic carbocycles. The van der Waals surface area contributed by atoms with Crippen LogP contribution in [0.15, 0.2) is 66.4 Å². The maximum absolute atomic E-state index is 13.1. The van der Waals surface area contributed by atoms with Gasteiger partial charge >= 0.3 is 0 Å². The Balaban J connectivity index is 1.48. The van der Waals surface area contributed by atoms with Crippen LogP contribution in [-0.4, -0.2) is 22.3 Å². The smallest absolute Gasteiger partial charge is 0.254 e. The Hall–Kier alpha value is -3.27. The highest BCUT2D eigenvalue weighted by atomic mass is 16.5. The number of rotatable bonds is 1. The highest BCUT2D eigenvalue weighted by molar-refractivity contribution is 6.01. The van der Waals surface area contributed by atoms with Gasteiger partial charge in [-0.3, -0.25) is 4.79 Å². The average molecular weight is 342 g/mol. The number of H-pyrrole nitrogens is 1. The molecular weight excluding hydrogens is 324 g/mol. The minimum atomic E-state index is 0.0393. The van der Waals surface area contributed by atoms with Crippen LogP contribution in [0, 0.1) is 0 Å². The van der Waals surface area contributed by atoms with E-state index in [1.54, 1.807) is 12.3 Å². The summed E-state index contributed by atoms with van der Waals surface area (Å²) in [5.74, 6) is 0.807. The number of benzene rings is 2. The van der Waals surface area contributed by atoms with E-state index in [2.05, 4.69) is 17.1 Å². The van der Waals surface area contributed by atoms with Crippen LogP contribution < -0.4 is 4.74 Å². The molecule has 0 atom stereocenters. The molecule has 0 unspecified atom stereocenters. The molecule has 3 aromatic rings. The molecule has 1 amide bonds. The molecule has 2 aromatic carbocycles. The molecule has 5 rings (SSSR count). The molecule has 0 spiro atoms. The van der Waals surface area contributed by atoms with Gasteiger partial charge < -0.3 is 14.6 Å². The van der Waals surface area contributed by atoms with Gasteiger partial charge in [0.05, 0.1) is 6.26 Å². The van der Waals surface area contributed by atoms with Crippen LogP contribution in [0.4, 0.5) is 0 Å². The van der Waals surface area contributed by atoms with Gasteiger partial charge in [0, 0.05) is 52.8 Å². The number of aromatic nitrogens is 1. The van der Waals surface area contributed by atoms with Gasteiger partial charge in [0.25, 0.3) is 5.91 Å². The van der Waals surface area contributed by atoms with E-state index >= 15 is 0 Å². The van der Waals surface area contributed by atoms with Gasteiger partial charge in [0.2, 0.25) is 0 Å². The standard InChI is InChI=1S/C22H18N2O2/c25-22(16-10-12-26-21-8-4-1-5-15(21)13-16)24-11-9-20-18(14-24)17-6-2-3-7-19(17)23-20/h1-8,10,12-13,23H,9,11,14H2. The molecule has 0 saturated heterocycles. The third-order valence-corrected chi connectivity index (χ3v) is 5.09. The first-order valence-electron chi connectivity index (χ1n) is 8.81. The Bertz CT molecular complexity index is 1070. The van der Waals surface area contributed by atoms with E-state index < -0.39 is 0 Å². The second-order valence-electron chi connectivity index (χ2n) is 6.66. The summed E-state index contributed by atoms with van der Waals surface area (Å²) in [4.78, 5) is 18.5. The molecule has 0 bridgehead atoms. The van der Waals surface area contributed by atoms with E-state index in [-0.39, 0.29) is 5.91 Å². The molecule has 1 N–H and O–H groups in total. The quantitative estimate of drug-likeness (QED) is 0.725. The number of amides is 1. The summed E-state index contributed by atoms with van der Waals surface area (Å²) in [7, 11) is 0. The predicted octanol–water partition coefficient (Wildman–Crippen LogP) is 4.04. The zero-order chi connectivity index (χ0) is 17.5. The summed E-state index contributed by atoms with van der Waals surface area (Å²) in [6.45, 7) is 1.35. The van der Waals surface area contributed by atoms with E-state index in [9.17, 15) is 4.79 Å². The van der Waals surface area contributed by atoms with Crippen molar-refractivity contribution in [3.8, 4) is 5.75 Å². The predicted molar refractivity (Wildman–Crippen MR) is 102 cm³/mol. The van der Waals surface area contributed by atoms with Crippen LogP contribution in [0.5, 0.6) is 5.75 Å². The maximum atomic E-state index is 13.1. The van der Waals surface area contributed by atoms with E-state index in [0.717, 1.165) is 23.3 Å². The first-order valence-corrected chi connectivity index (χ1v) is 8.81. The second kappa shape index (κ2) is 5.92. The number of carbonyl (C=O) groups excluding carboxylic acids is 1. The van der Waals surface area contributed by atoms with E-state index in [0.29, 0.717) is 18.7 Å². The number of hydrogen-bond donors (Lipinski definition) is 1. The SMILES string of the molecule is O=C(C1=Cc2ccccc2OC=C1)N1CCc2[nH]c3ccccc3c2C1. The fraction of sp³-hybridized carbons (Fsp3) is 0.136. The number of nitrogens with one attached hydrogen (secondary N) is 1. The molecule has 4 heteroatoms. The van der Waals surface area contributed by atoms with Gasteiger partial charge in [0.15, 0.2) is 0 Å². The van der Waals surface area contributed by atoms with Crippen LogP contribution in [0.25, 0.3) is 17.0 Å². The van der Waals surface area contributed by atoms with Gasteiger partial charge in [-0.05, 0) is 24.3 Å². The third kappa shape index (κ3) is 2.42. The minimum Gasteiger partial charge on any atom is -0.464 e. The number of aromatic amines is 1. The highest BCUT2D eigenvalue weighted by Gasteiger charge is 2.25. The van der Waals surface area contributed by atoms with Crippen molar-refractivity contribution in [2.75, 3.05) is 6.54 Å². The molecule has 2 aliphatic rings. The van der Waals surface area contributed by atoms with Gasteiger partial charge in [-0.2, -0.15) is 0 Å². The monoisotopic (exact) mass is 342 g/mol. The molecule has 0 saturated carbocycles. The fourth-order valence-electron chi connectivity index (χ4n) is 3.76. The molecule has 26 heavy (non-hydrogen) atoms. The van der Waals surface area contributed by atoms with Crippen molar-refractivity contribution in [2.24, 2.45) is 0 Å². The lowest BCUT2D eigenvalue weighted by Gasteiger charge is -2.27. The number of fused-ring (bicyclic) bond motifs is 4. The van der Waals surface area contributed by atoms with Gasteiger partial charge in [0.1, 0.15) is 5.75 Å². The normalized spacial score (nSPS) is 15.7. The summed E-state index contributed by atoms with van der Waals surface area (Å²) >= 11 is 0. The first kappa shape index (κ1) is 15.0. The molecule has 1 aromatic heterocycles. The summed E-state index contributed by atoms with van der Waals surface area (Å²) in [5, 5.41) is 1.21. The van der Waals surface area contributed by atoms with Gasteiger partial charge in [-0.1, -0.05) is 36.4 Å². The van der Waals surface area contributed by atoms with Crippen LogP contribution in [-0.2, 0) is 17.8 Å². The van der Waals surface area contributed by atoms with Crippen molar-refractivity contribution >= 4 is 22.9 Å². The lowest BCUT2D eigenvalue weighted by atomic mass is 10.0. The van der Waals surface area contributed by atoms with Crippen LogP contribution in [0.1, 0.15) is 16.8 Å². The second-order valence-corrected chi connectivity index (χ2v) is 6.66. The number of carbonyl (C=O) groups is 1. The van der Waals surface area contributed by atoms with Gasteiger partial charge in [-0.15, -0.1) is 0 Å². The van der Waals surface area contributed by atoms with Crippen molar-refractivity contribution in [1.82, 2.24) is 9.88 Å². The van der Waals surface area contributed by atoms with Crippen LogP contribution >= 0.6 is 0 Å². The highest BCUT2D eigenvalue weighted by Crippen LogP contribution is 2.30. The molecule has 2 aliphatic heterocycles. The molecule has 0 fully saturated rings. The summed E-state index contributed by atoms with van der Waals surface area (Å²) in [6, 6.07) is 16.0. The number of hydrogen-bond acceptors (Lipinski definition) is 2. The Labute approximate surface area is 151 Å². The van der Waals surface area contributed by atoms with Crippen molar-refractivity contribution < 1.29 is 9.53 Å². The van der Waals surface area contributed by atoms with Crippen LogP contribution in [0.3, 0.4) is 0 Å². The Morgan fingerprint density at radius 1 is 1.08 bits per heavy atom. The lowest BCUT2D eigenvalue weighted by Crippen LogP contribution is -2.36. The molecular formula is C22H18N2O2.